The molecule has 0 fully saturated rings. The zero-order valence-corrected chi connectivity index (χ0v) is 10.0. The van der Waals surface area contributed by atoms with Gasteiger partial charge in [-0.05, 0) is 24.6 Å². The minimum Gasteiger partial charge on any atom is -0.399 e. The maximum atomic E-state index is 11.6. The third-order valence-electron chi connectivity index (χ3n) is 2.04. The molecule has 6 nitrogen and oxygen atoms in total. The van der Waals surface area contributed by atoms with Crippen molar-refractivity contribution in [3.05, 3.63) is 29.8 Å². The molecule has 1 rings (SSSR count). The van der Waals surface area contributed by atoms with Gasteiger partial charge in [0.15, 0.2) is 0 Å². The van der Waals surface area contributed by atoms with E-state index in [0.717, 1.165) is 0 Å². The molecular formula is C10H15N3O3S. The van der Waals surface area contributed by atoms with Gasteiger partial charge < -0.3 is 11.1 Å². The van der Waals surface area contributed by atoms with Crippen LogP contribution in [0, 0.1) is 0 Å². The first kappa shape index (κ1) is 13.5. The molecule has 0 aromatic heterocycles. The Bertz CT molecular complexity index is 499. The number of amides is 1. The Hall–Kier alpha value is -1.60. The predicted molar refractivity (Wildman–Crippen MR) is 65.8 cm³/mol. The van der Waals surface area contributed by atoms with Crippen LogP contribution in [0.15, 0.2) is 24.3 Å². The van der Waals surface area contributed by atoms with E-state index in [2.05, 4.69) is 5.32 Å². The van der Waals surface area contributed by atoms with Crippen LogP contribution in [0.4, 0.5) is 5.69 Å². The van der Waals surface area contributed by atoms with E-state index in [1.54, 1.807) is 24.3 Å². The third kappa shape index (κ3) is 5.32. The number of primary sulfonamides is 1. The van der Waals surface area contributed by atoms with Crippen LogP contribution in [0.2, 0.25) is 0 Å². The summed E-state index contributed by atoms with van der Waals surface area (Å²) < 4.78 is 21.3. The van der Waals surface area contributed by atoms with Crippen molar-refractivity contribution in [2.45, 2.75) is 6.42 Å². The van der Waals surface area contributed by atoms with Crippen molar-refractivity contribution in [3.63, 3.8) is 0 Å². The lowest BCUT2D eigenvalue weighted by Gasteiger charge is -2.05. The SMILES string of the molecule is Nc1cccc(C(=O)NCCCS(N)(=O)=O)c1. The lowest BCUT2D eigenvalue weighted by molar-refractivity contribution is 0.0953. The molecule has 1 aromatic rings. The molecule has 94 valence electrons. The van der Waals surface area contributed by atoms with Crippen molar-refractivity contribution in [3.8, 4) is 0 Å². The van der Waals surface area contributed by atoms with Crippen LogP contribution in [0.1, 0.15) is 16.8 Å². The van der Waals surface area contributed by atoms with Crippen LogP contribution < -0.4 is 16.2 Å². The van der Waals surface area contributed by atoms with Crippen LogP contribution in [0.25, 0.3) is 0 Å². The number of nitrogens with two attached hydrogens (primary N) is 2. The summed E-state index contributed by atoms with van der Waals surface area (Å²) in [4.78, 5) is 11.6. The van der Waals surface area contributed by atoms with E-state index >= 15 is 0 Å². The van der Waals surface area contributed by atoms with E-state index < -0.39 is 10.0 Å². The molecule has 0 atom stereocenters. The fourth-order valence-electron chi connectivity index (χ4n) is 1.26. The number of benzene rings is 1. The standard InChI is InChI=1S/C10H15N3O3S/c11-9-4-1-3-8(7-9)10(14)13-5-2-6-17(12,15)16/h1,3-4,7H,2,5-6,11H2,(H,13,14)(H2,12,15,16). The van der Waals surface area contributed by atoms with E-state index in [0.29, 0.717) is 11.3 Å². The average Bonchev–Trinajstić information content (AvgIpc) is 2.23. The summed E-state index contributed by atoms with van der Waals surface area (Å²) in [5.74, 6) is -0.434. The average molecular weight is 257 g/mol. The lowest BCUT2D eigenvalue weighted by Crippen LogP contribution is -2.27. The largest absolute Gasteiger partial charge is 0.399 e. The highest BCUT2D eigenvalue weighted by molar-refractivity contribution is 7.89. The predicted octanol–water partition coefficient (Wildman–Crippen LogP) is -0.323. The van der Waals surface area contributed by atoms with Crippen molar-refractivity contribution in [2.24, 2.45) is 5.14 Å². The first-order chi connectivity index (χ1) is 7.88. The molecule has 0 aliphatic heterocycles. The Morgan fingerprint density at radius 1 is 1.35 bits per heavy atom. The summed E-state index contributed by atoms with van der Waals surface area (Å²) >= 11 is 0. The van der Waals surface area contributed by atoms with E-state index in [4.69, 9.17) is 10.9 Å². The Kier molecular flexibility index (Phi) is 4.47. The van der Waals surface area contributed by atoms with Gasteiger partial charge in [0.05, 0.1) is 5.75 Å². The second-order valence-electron chi connectivity index (χ2n) is 3.60. The zero-order chi connectivity index (χ0) is 12.9. The van der Waals surface area contributed by atoms with E-state index in [1.165, 1.54) is 0 Å². The summed E-state index contributed by atoms with van der Waals surface area (Å²) in [5.41, 5.74) is 6.48. The number of nitrogen functional groups attached to an aromatic ring is 1. The monoisotopic (exact) mass is 257 g/mol. The summed E-state index contributed by atoms with van der Waals surface area (Å²) in [5, 5.41) is 7.41. The van der Waals surface area contributed by atoms with Crippen molar-refractivity contribution < 1.29 is 13.2 Å². The minimum atomic E-state index is -3.46. The van der Waals surface area contributed by atoms with E-state index in [1.807, 2.05) is 0 Å². The molecule has 0 spiro atoms. The number of carbonyl (C=O) groups is 1. The van der Waals surface area contributed by atoms with Crippen LogP contribution in [0.3, 0.4) is 0 Å². The van der Waals surface area contributed by atoms with E-state index in [9.17, 15) is 13.2 Å². The normalized spacial score (nSPS) is 11.1. The van der Waals surface area contributed by atoms with Gasteiger partial charge in [-0.1, -0.05) is 6.07 Å². The molecule has 0 aliphatic carbocycles. The van der Waals surface area contributed by atoms with Crippen LogP contribution in [-0.4, -0.2) is 26.6 Å². The highest BCUT2D eigenvalue weighted by Gasteiger charge is 2.06. The molecule has 7 heteroatoms. The van der Waals surface area contributed by atoms with Crippen LogP contribution >= 0.6 is 0 Å². The molecule has 5 N–H and O–H groups in total. The maximum Gasteiger partial charge on any atom is 0.251 e. The number of nitrogens with one attached hydrogen (secondary N) is 1. The van der Waals surface area contributed by atoms with Gasteiger partial charge in [0.1, 0.15) is 0 Å². The molecule has 1 amide bonds. The van der Waals surface area contributed by atoms with Gasteiger partial charge >= 0.3 is 0 Å². The first-order valence-electron chi connectivity index (χ1n) is 5.03. The maximum absolute atomic E-state index is 11.6. The molecule has 17 heavy (non-hydrogen) atoms. The molecule has 0 aliphatic rings. The fourth-order valence-corrected chi connectivity index (χ4v) is 1.80. The van der Waals surface area contributed by atoms with Crippen molar-refractivity contribution in [1.29, 1.82) is 0 Å². The molecular weight excluding hydrogens is 242 g/mol. The van der Waals surface area contributed by atoms with E-state index in [-0.39, 0.29) is 24.6 Å². The first-order valence-corrected chi connectivity index (χ1v) is 6.74. The van der Waals surface area contributed by atoms with Gasteiger partial charge in [0.25, 0.3) is 5.91 Å². The molecule has 0 saturated heterocycles. The Morgan fingerprint density at radius 2 is 2.06 bits per heavy atom. The molecule has 0 saturated carbocycles. The summed E-state index contributed by atoms with van der Waals surface area (Å²) in [7, 11) is -3.46. The van der Waals surface area contributed by atoms with Gasteiger partial charge in [-0.2, -0.15) is 0 Å². The summed E-state index contributed by atoms with van der Waals surface area (Å²) in [6.45, 7) is 0.254. The fraction of sp³-hybridized carbons (Fsp3) is 0.300. The Morgan fingerprint density at radius 3 is 2.65 bits per heavy atom. The number of hydrogen-bond donors (Lipinski definition) is 3. The number of hydrogen-bond acceptors (Lipinski definition) is 4. The number of carbonyl (C=O) groups excluding carboxylic acids is 1. The molecule has 0 radical (unpaired) electrons. The smallest absolute Gasteiger partial charge is 0.251 e. The van der Waals surface area contributed by atoms with Crippen molar-refractivity contribution in [2.75, 3.05) is 18.0 Å². The summed E-state index contributed by atoms with van der Waals surface area (Å²) in [6, 6.07) is 6.53. The van der Waals surface area contributed by atoms with Crippen molar-refractivity contribution >= 4 is 21.6 Å². The second-order valence-corrected chi connectivity index (χ2v) is 5.34. The molecule has 1 aromatic carbocycles. The van der Waals surface area contributed by atoms with Crippen molar-refractivity contribution in [1.82, 2.24) is 5.32 Å². The summed E-state index contributed by atoms with van der Waals surface area (Å²) in [6.07, 6.45) is 0.285. The van der Waals surface area contributed by atoms with Gasteiger partial charge in [-0.3, -0.25) is 4.79 Å². The lowest BCUT2D eigenvalue weighted by atomic mass is 10.2. The topological polar surface area (TPSA) is 115 Å². The third-order valence-corrected chi connectivity index (χ3v) is 2.90. The highest BCUT2D eigenvalue weighted by atomic mass is 32.2. The van der Waals surface area contributed by atoms with Gasteiger partial charge in [0.2, 0.25) is 10.0 Å². The van der Waals surface area contributed by atoms with Crippen LogP contribution in [-0.2, 0) is 10.0 Å². The second kappa shape index (κ2) is 5.65. The van der Waals surface area contributed by atoms with Gasteiger partial charge in [0, 0.05) is 17.8 Å². The van der Waals surface area contributed by atoms with Gasteiger partial charge in [-0.25, -0.2) is 13.6 Å². The zero-order valence-electron chi connectivity index (χ0n) is 9.22. The number of sulfonamides is 1. The number of anilines is 1. The quantitative estimate of drug-likeness (QED) is 0.495. The highest BCUT2D eigenvalue weighted by Crippen LogP contribution is 2.05. The molecule has 0 unspecified atom stereocenters. The van der Waals surface area contributed by atoms with Gasteiger partial charge in [-0.15, -0.1) is 0 Å². The molecule has 0 bridgehead atoms. The minimum absolute atomic E-state index is 0.149. The molecule has 0 heterocycles. The Balaban J connectivity index is 2.41. The van der Waals surface area contributed by atoms with Crippen LogP contribution in [0.5, 0.6) is 0 Å². The Labute approximate surface area is 100 Å². The number of rotatable bonds is 5.